The molecule has 1 N–H and O–H groups in total. The summed E-state index contributed by atoms with van der Waals surface area (Å²) >= 11 is 5.74. The van der Waals surface area contributed by atoms with Gasteiger partial charge in [-0.1, -0.05) is 23.7 Å². The first-order chi connectivity index (χ1) is 9.94. The molecule has 108 valence electrons. The summed E-state index contributed by atoms with van der Waals surface area (Å²) in [5.74, 6) is -0.560. The molecular formula is C14H10ClFN2O2S. The van der Waals surface area contributed by atoms with Crippen LogP contribution in [0.25, 0.3) is 0 Å². The van der Waals surface area contributed by atoms with Gasteiger partial charge in [-0.2, -0.15) is 5.26 Å². The van der Waals surface area contributed by atoms with Crippen LogP contribution in [-0.2, 0) is 16.6 Å². The number of nitriles is 1. The minimum Gasteiger partial charge on any atom is -0.207 e. The monoisotopic (exact) mass is 324 g/mol. The van der Waals surface area contributed by atoms with Gasteiger partial charge in [0.2, 0.25) is 10.0 Å². The van der Waals surface area contributed by atoms with E-state index in [9.17, 15) is 12.8 Å². The van der Waals surface area contributed by atoms with Gasteiger partial charge in [0.1, 0.15) is 11.9 Å². The van der Waals surface area contributed by atoms with Gasteiger partial charge in [0, 0.05) is 17.1 Å². The van der Waals surface area contributed by atoms with E-state index in [1.807, 2.05) is 0 Å². The zero-order valence-electron chi connectivity index (χ0n) is 10.7. The molecular weight excluding hydrogens is 315 g/mol. The fourth-order valence-electron chi connectivity index (χ4n) is 1.72. The molecule has 0 saturated carbocycles. The molecule has 0 aliphatic rings. The standard InChI is InChI=1S/C14H10ClFN2O2S/c15-12-5-6-13(16)11(7-12)9-18-21(19,20)14-4-2-1-3-10(14)8-17/h1-7,18H,9H2. The summed E-state index contributed by atoms with van der Waals surface area (Å²) in [6.45, 7) is -0.255. The highest BCUT2D eigenvalue weighted by atomic mass is 35.5. The lowest BCUT2D eigenvalue weighted by Crippen LogP contribution is -2.24. The molecule has 21 heavy (non-hydrogen) atoms. The Morgan fingerprint density at radius 3 is 2.67 bits per heavy atom. The largest absolute Gasteiger partial charge is 0.242 e. The Morgan fingerprint density at radius 1 is 1.24 bits per heavy atom. The molecule has 0 spiro atoms. The van der Waals surface area contributed by atoms with Crippen molar-refractivity contribution in [3.8, 4) is 6.07 Å². The smallest absolute Gasteiger partial charge is 0.207 e. The maximum absolute atomic E-state index is 13.5. The Labute approximate surface area is 126 Å². The predicted molar refractivity (Wildman–Crippen MR) is 76.6 cm³/mol. The second-order valence-corrected chi connectivity index (χ2v) is 6.34. The lowest BCUT2D eigenvalue weighted by Gasteiger charge is -2.09. The van der Waals surface area contributed by atoms with Gasteiger partial charge < -0.3 is 0 Å². The van der Waals surface area contributed by atoms with Crippen LogP contribution in [-0.4, -0.2) is 8.42 Å². The highest BCUT2D eigenvalue weighted by molar-refractivity contribution is 7.89. The first-order valence-electron chi connectivity index (χ1n) is 5.87. The lowest BCUT2D eigenvalue weighted by atomic mass is 10.2. The fraction of sp³-hybridized carbons (Fsp3) is 0.0714. The van der Waals surface area contributed by atoms with Crippen LogP contribution in [0.2, 0.25) is 5.02 Å². The summed E-state index contributed by atoms with van der Waals surface area (Å²) in [5.41, 5.74) is 0.150. The van der Waals surface area contributed by atoms with Crippen LogP contribution >= 0.6 is 11.6 Å². The van der Waals surface area contributed by atoms with Gasteiger partial charge in [-0.15, -0.1) is 0 Å². The summed E-state index contributed by atoms with van der Waals surface area (Å²) in [7, 11) is -3.91. The molecule has 0 fully saturated rings. The average Bonchev–Trinajstić information content (AvgIpc) is 2.48. The number of hydrogen-bond donors (Lipinski definition) is 1. The third-order valence-electron chi connectivity index (χ3n) is 2.76. The van der Waals surface area contributed by atoms with Crippen molar-refractivity contribution in [1.29, 1.82) is 5.26 Å². The SMILES string of the molecule is N#Cc1ccccc1S(=O)(=O)NCc1cc(Cl)ccc1F. The second-order valence-electron chi connectivity index (χ2n) is 4.17. The van der Waals surface area contributed by atoms with E-state index in [2.05, 4.69) is 4.72 Å². The van der Waals surface area contributed by atoms with E-state index >= 15 is 0 Å². The van der Waals surface area contributed by atoms with Crippen molar-refractivity contribution in [1.82, 2.24) is 4.72 Å². The number of benzene rings is 2. The van der Waals surface area contributed by atoms with Gasteiger partial charge in [-0.05, 0) is 30.3 Å². The zero-order valence-corrected chi connectivity index (χ0v) is 12.2. The van der Waals surface area contributed by atoms with E-state index in [0.717, 1.165) is 6.07 Å². The van der Waals surface area contributed by atoms with Crippen molar-refractivity contribution in [3.63, 3.8) is 0 Å². The molecule has 2 aromatic carbocycles. The first-order valence-corrected chi connectivity index (χ1v) is 7.73. The molecule has 0 atom stereocenters. The summed E-state index contributed by atoms with van der Waals surface area (Å²) in [5, 5.41) is 9.24. The number of sulfonamides is 1. The average molecular weight is 325 g/mol. The van der Waals surface area contributed by atoms with Crippen LogP contribution < -0.4 is 4.72 Å². The molecule has 0 heterocycles. The van der Waals surface area contributed by atoms with Crippen molar-refractivity contribution in [2.24, 2.45) is 0 Å². The van der Waals surface area contributed by atoms with Crippen molar-refractivity contribution < 1.29 is 12.8 Å². The van der Waals surface area contributed by atoms with Crippen LogP contribution in [0.3, 0.4) is 0 Å². The highest BCUT2D eigenvalue weighted by Crippen LogP contribution is 2.17. The van der Waals surface area contributed by atoms with Crippen LogP contribution in [0.1, 0.15) is 11.1 Å². The predicted octanol–water partition coefficient (Wildman–Crippen LogP) is 2.83. The Kier molecular flexibility index (Phi) is 4.58. The molecule has 0 radical (unpaired) electrons. The van der Waals surface area contributed by atoms with E-state index in [0.29, 0.717) is 5.02 Å². The topological polar surface area (TPSA) is 70.0 Å². The summed E-state index contributed by atoms with van der Waals surface area (Å²) in [6, 6.07) is 11.5. The molecule has 0 amide bonds. The summed E-state index contributed by atoms with van der Waals surface area (Å²) in [4.78, 5) is -0.144. The van der Waals surface area contributed by atoms with Crippen LogP contribution in [0.5, 0.6) is 0 Å². The summed E-state index contributed by atoms with van der Waals surface area (Å²) < 4.78 is 40.1. The number of nitrogens with zero attached hydrogens (tertiary/aromatic N) is 1. The number of halogens is 2. The van der Waals surface area contributed by atoms with Gasteiger partial charge in [-0.3, -0.25) is 0 Å². The first kappa shape index (κ1) is 15.4. The van der Waals surface area contributed by atoms with Gasteiger partial charge >= 0.3 is 0 Å². The molecule has 0 bridgehead atoms. The van der Waals surface area contributed by atoms with E-state index in [1.54, 1.807) is 12.1 Å². The molecule has 0 saturated heterocycles. The van der Waals surface area contributed by atoms with E-state index in [1.165, 1.54) is 30.3 Å². The highest BCUT2D eigenvalue weighted by Gasteiger charge is 2.18. The normalized spacial score (nSPS) is 11.1. The van der Waals surface area contributed by atoms with Crippen LogP contribution in [0, 0.1) is 17.1 Å². The van der Waals surface area contributed by atoms with E-state index < -0.39 is 15.8 Å². The van der Waals surface area contributed by atoms with Crippen molar-refractivity contribution in [3.05, 3.63) is 64.4 Å². The maximum Gasteiger partial charge on any atom is 0.242 e. The minimum atomic E-state index is -3.91. The summed E-state index contributed by atoms with van der Waals surface area (Å²) in [6.07, 6.45) is 0. The Hall–Kier alpha value is -1.94. The number of rotatable bonds is 4. The van der Waals surface area contributed by atoms with Crippen LogP contribution in [0.15, 0.2) is 47.4 Å². The molecule has 2 aromatic rings. The van der Waals surface area contributed by atoms with E-state index in [4.69, 9.17) is 16.9 Å². The van der Waals surface area contributed by atoms with Gasteiger partial charge in [0.05, 0.1) is 10.5 Å². The second kappa shape index (κ2) is 6.22. The van der Waals surface area contributed by atoms with Gasteiger partial charge in [-0.25, -0.2) is 17.5 Å². The Bertz CT molecular complexity index is 816. The van der Waals surface area contributed by atoms with Crippen LogP contribution in [0.4, 0.5) is 4.39 Å². The Morgan fingerprint density at radius 2 is 1.95 bits per heavy atom. The zero-order chi connectivity index (χ0) is 15.5. The molecule has 0 unspecified atom stereocenters. The fourth-order valence-corrected chi connectivity index (χ4v) is 3.08. The minimum absolute atomic E-state index is 0.0246. The van der Waals surface area contributed by atoms with Crippen molar-refractivity contribution in [2.45, 2.75) is 11.4 Å². The lowest BCUT2D eigenvalue weighted by molar-refractivity contribution is 0.574. The number of nitrogens with one attached hydrogen (secondary N) is 1. The molecule has 0 aromatic heterocycles. The van der Waals surface area contributed by atoms with Gasteiger partial charge in [0.25, 0.3) is 0 Å². The molecule has 0 aliphatic carbocycles. The maximum atomic E-state index is 13.5. The third kappa shape index (κ3) is 3.58. The quantitative estimate of drug-likeness (QED) is 0.940. The Balaban J connectivity index is 2.27. The number of hydrogen-bond acceptors (Lipinski definition) is 3. The molecule has 7 heteroatoms. The molecule has 0 aliphatic heterocycles. The third-order valence-corrected chi connectivity index (χ3v) is 4.45. The van der Waals surface area contributed by atoms with Crippen molar-refractivity contribution >= 4 is 21.6 Å². The van der Waals surface area contributed by atoms with Gasteiger partial charge in [0.15, 0.2) is 0 Å². The molecule has 2 rings (SSSR count). The molecule has 4 nitrogen and oxygen atoms in total. The van der Waals surface area contributed by atoms with Crippen molar-refractivity contribution in [2.75, 3.05) is 0 Å². The van der Waals surface area contributed by atoms with E-state index in [-0.39, 0.29) is 22.6 Å².